The van der Waals surface area contributed by atoms with Crippen LogP contribution in [0.15, 0.2) is 12.1 Å². The van der Waals surface area contributed by atoms with Gasteiger partial charge in [0.15, 0.2) is 0 Å². The molecule has 146 valence electrons. The molecule has 3 amide bonds. The minimum absolute atomic E-state index is 0.0427. The summed E-state index contributed by atoms with van der Waals surface area (Å²) in [5.74, 6) is 0.396. The summed E-state index contributed by atoms with van der Waals surface area (Å²) in [7, 11) is 1.57. The van der Waals surface area contributed by atoms with E-state index >= 15 is 0 Å². The van der Waals surface area contributed by atoms with Crippen LogP contribution >= 0.6 is 0 Å². The van der Waals surface area contributed by atoms with Crippen molar-refractivity contribution in [3.63, 3.8) is 0 Å². The van der Waals surface area contributed by atoms with Crippen LogP contribution in [0.3, 0.4) is 0 Å². The number of ether oxygens (including phenoxy) is 1. The normalized spacial score (nSPS) is 20.3. The first-order chi connectivity index (χ1) is 12.9. The van der Waals surface area contributed by atoms with E-state index in [-0.39, 0.29) is 17.7 Å². The molecule has 0 radical (unpaired) electrons. The third-order valence-electron chi connectivity index (χ3n) is 5.43. The highest BCUT2D eigenvalue weighted by atomic mass is 16.5. The first-order valence-electron chi connectivity index (χ1n) is 9.43. The minimum atomic E-state index is -0.417. The lowest BCUT2D eigenvalue weighted by atomic mass is 10.0. The molecule has 0 spiro atoms. The Bertz CT molecular complexity index is 762. The summed E-state index contributed by atoms with van der Waals surface area (Å²) in [5, 5.41) is 2.73. The molecule has 7 nitrogen and oxygen atoms in total. The van der Waals surface area contributed by atoms with Crippen molar-refractivity contribution < 1.29 is 19.1 Å². The first kappa shape index (κ1) is 19.2. The summed E-state index contributed by atoms with van der Waals surface area (Å²) >= 11 is 0. The fourth-order valence-corrected chi connectivity index (χ4v) is 3.66. The molecular formula is C20H27N3O4. The van der Waals surface area contributed by atoms with E-state index in [1.54, 1.807) is 16.9 Å². The van der Waals surface area contributed by atoms with Crippen LogP contribution in [0.25, 0.3) is 0 Å². The molecule has 0 bridgehead atoms. The Labute approximate surface area is 159 Å². The zero-order valence-corrected chi connectivity index (χ0v) is 16.2. The van der Waals surface area contributed by atoms with E-state index in [0.717, 1.165) is 11.1 Å². The van der Waals surface area contributed by atoms with Crippen LogP contribution in [0.4, 0.5) is 0 Å². The molecule has 2 aliphatic rings. The third kappa shape index (κ3) is 4.07. The van der Waals surface area contributed by atoms with Crippen LogP contribution in [0.5, 0.6) is 5.75 Å². The number of hydrogen-bond donors (Lipinski definition) is 1. The highest BCUT2D eigenvalue weighted by Gasteiger charge is 2.32. The molecule has 2 saturated heterocycles. The standard InChI is InChI=1S/C20H27N3O4/c1-13-11-15(17(27-3)12-14(13)2)19(25)22-7-4-8-23(10-9-22)20(26)16-5-6-18(24)21-16/h11-12,16H,4-10H2,1-3H3,(H,21,24). The average Bonchev–Trinajstić information content (AvgIpc) is 2.94. The number of benzene rings is 1. The molecule has 1 aromatic carbocycles. The van der Waals surface area contributed by atoms with Gasteiger partial charge in [-0.15, -0.1) is 0 Å². The summed E-state index contributed by atoms with van der Waals surface area (Å²) in [6.07, 6.45) is 1.67. The van der Waals surface area contributed by atoms with Gasteiger partial charge in [0.25, 0.3) is 5.91 Å². The lowest BCUT2D eigenvalue weighted by molar-refractivity contribution is -0.134. The molecule has 0 aliphatic carbocycles. The number of amides is 3. The molecule has 1 aromatic rings. The van der Waals surface area contributed by atoms with Gasteiger partial charge in [-0.25, -0.2) is 0 Å². The highest BCUT2D eigenvalue weighted by Crippen LogP contribution is 2.25. The molecule has 7 heteroatoms. The van der Waals surface area contributed by atoms with Crippen molar-refractivity contribution in [2.75, 3.05) is 33.3 Å². The molecule has 1 atom stereocenters. The van der Waals surface area contributed by atoms with Gasteiger partial charge in [0.2, 0.25) is 11.8 Å². The zero-order valence-electron chi connectivity index (χ0n) is 16.2. The monoisotopic (exact) mass is 373 g/mol. The minimum Gasteiger partial charge on any atom is -0.496 e. The lowest BCUT2D eigenvalue weighted by Crippen LogP contribution is -2.46. The number of nitrogens with zero attached hydrogens (tertiary/aromatic N) is 2. The second-order valence-electron chi connectivity index (χ2n) is 7.27. The number of carbonyl (C=O) groups is 3. The van der Waals surface area contributed by atoms with Crippen molar-refractivity contribution in [3.05, 3.63) is 28.8 Å². The van der Waals surface area contributed by atoms with E-state index in [2.05, 4.69) is 5.32 Å². The molecule has 1 N–H and O–H groups in total. The second-order valence-corrected chi connectivity index (χ2v) is 7.27. The summed E-state index contributed by atoms with van der Waals surface area (Å²) in [4.78, 5) is 40.6. The van der Waals surface area contributed by atoms with Gasteiger partial charge in [0, 0.05) is 32.6 Å². The maximum absolute atomic E-state index is 13.1. The maximum atomic E-state index is 13.1. The van der Waals surface area contributed by atoms with Gasteiger partial charge >= 0.3 is 0 Å². The van der Waals surface area contributed by atoms with Crippen molar-refractivity contribution >= 4 is 17.7 Å². The number of hydrogen-bond acceptors (Lipinski definition) is 4. The van der Waals surface area contributed by atoms with E-state index in [1.807, 2.05) is 26.0 Å². The molecule has 27 heavy (non-hydrogen) atoms. The van der Waals surface area contributed by atoms with E-state index in [1.165, 1.54) is 0 Å². The zero-order chi connectivity index (χ0) is 19.6. The average molecular weight is 373 g/mol. The van der Waals surface area contributed by atoms with Crippen LogP contribution in [-0.2, 0) is 9.59 Å². The van der Waals surface area contributed by atoms with Crippen molar-refractivity contribution in [1.29, 1.82) is 0 Å². The Morgan fingerprint density at radius 1 is 1.07 bits per heavy atom. The van der Waals surface area contributed by atoms with Gasteiger partial charge in [-0.3, -0.25) is 14.4 Å². The number of methoxy groups -OCH3 is 1. The molecular weight excluding hydrogens is 346 g/mol. The van der Waals surface area contributed by atoms with Gasteiger partial charge in [-0.2, -0.15) is 0 Å². The van der Waals surface area contributed by atoms with Crippen LogP contribution in [0.1, 0.15) is 40.7 Å². The number of carbonyl (C=O) groups excluding carboxylic acids is 3. The van der Waals surface area contributed by atoms with E-state index in [0.29, 0.717) is 56.8 Å². The molecule has 1 unspecified atom stereocenters. The fraction of sp³-hybridized carbons (Fsp3) is 0.550. The van der Waals surface area contributed by atoms with Crippen molar-refractivity contribution in [2.24, 2.45) is 0 Å². The van der Waals surface area contributed by atoms with Crippen LogP contribution in [-0.4, -0.2) is 66.9 Å². The smallest absolute Gasteiger partial charge is 0.257 e. The first-order valence-corrected chi connectivity index (χ1v) is 9.43. The Hall–Kier alpha value is -2.57. The quantitative estimate of drug-likeness (QED) is 0.865. The Morgan fingerprint density at radius 2 is 1.74 bits per heavy atom. The summed E-state index contributed by atoms with van der Waals surface area (Å²) < 4.78 is 5.41. The maximum Gasteiger partial charge on any atom is 0.257 e. The predicted octanol–water partition coefficient (Wildman–Crippen LogP) is 1.27. The number of nitrogens with one attached hydrogen (secondary N) is 1. The van der Waals surface area contributed by atoms with Crippen molar-refractivity contribution in [1.82, 2.24) is 15.1 Å². The fourth-order valence-electron chi connectivity index (χ4n) is 3.66. The van der Waals surface area contributed by atoms with Crippen LogP contribution in [0, 0.1) is 13.8 Å². The second kappa shape index (κ2) is 7.98. The molecule has 2 fully saturated rings. The summed E-state index contributed by atoms with van der Waals surface area (Å²) in [6.45, 7) is 6.10. The van der Waals surface area contributed by atoms with Gasteiger partial charge in [-0.1, -0.05) is 0 Å². The topological polar surface area (TPSA) is 79.0 Å². The molecule has 0 aromatic heterocycles. The Morgan fingerprint density at radius 3 is 2.41 bits per heavy atom. The van der Waals surface area contributed by atoms with E-state index in [9.17, 15) is 14.4 Å². The van der Waals surface area contributed by atoms with E-state index in [4.69, 9.17) is 4.74 Å². The predicted molar refractivity (Wildman–Crippen MR) is 101 cm³/mol. The molecule has 2 heterocycles. The number of rotatable bonds is 3. The highest BCUT2D eigenvalue weighted by molar-refractivity contribution is 5.97. The Kier molecular flexibility index (Phi) is 5.68. The molecule has 2 aliphatic heterocycles. The van der Waals surface area contributed by atoms with Gasteiger partial charge < -0.3 is 19.9 Å². The van der Waals surface area contributed by atoms with Crippen LogP contribution < -0.4 is 10.1 Å². The van der Waals surface area contributed by atoms with Crippen molar-refractivity contribution in [3.8, 4) is 5.75 Å². The Balaban J connectivity index is 1.69. The van der Waals surface area contributed by atoms with Gasteiger partial charge in [-0.05, 0) is 49.9 Å². The third-order valence-corrected chi connectivity index (χ3v) is 5.43. The van der Waals surface area contributed by atoms with Crippen LogP contribution in [0.2, 0.25) is 0 Å². The lowest BCUT2D eigenvalue weighted by Gasteiger charge is -2.25. The largest absolute Gasteiger partial charge is 0.496 e. The van der Waals surface area contributed by atoms with Gasteiger partial charge in [0.1, 0.15) is 11.8 Å². The van der Waals surface area contributed by atoms with E-state index < -0.39 is 6.04 Å². The molecule has 3 rings (SSSR count). The summed E-state index contributed by atoms with van der Waals surface area (Å²) in [6, 6.07) is 3.34. The summed E-state index contributed by atoms with van der Waals surface area (Å²) in [5.41, 5.74) is 2.68. The SMILES string of the molecule is COc1cc(C)c(C)cc1C(=O)N1CCCN(C(=O)C2CCC(=O)N2)CC1. The molecule has 0 saturated carbocycles. The van der Waals surface area contributed by atoms with Crippen molar-refractivity contribution in [2.45, 2.75) is 39.2 Å². The van der Waals surface area contributed by atoms with Gasteiger partial charge in [0.05, 0.1) is 12.7 Å². The number of aryl methyl sites for hydroxylation is 2.